The van der Waals surface area contributed by atoms with Gasteiger partial charge in [0.25, 0.3) is 0 Å². The molecule has 0 aromatic rings. The molecule has 0 aromatic carbocycles. The quantitative estimate of drug-likeness (QED) is 0.568. The van der Waals surface area contributed by atoms with Crippen molar-refractivity contribution in [3.05, 3.63) is 12.7 Å². The standard InChI is InChI=1S/C8H17N/c1-5-8(4)6-9-7(2)3/h5,7-9H,1,6H2,2-4H3/t8-/m1/s1. The molecular formula is C8H17N. The van der Waals surface area contributed by atoms with Crippen LogP contribution in [-0.2, 0) is 0 Å². The Hall–Kier alpha value is -0.300. The van der Waals surface area contributed by atoms with Crippen molar-refractivity contribution < 1.29 is 0 Å². The first-order chi connectivity index (χ1) is 4.16. The lowest BCUT2D eigenvalue weighted by Gasteiger charge is -2.10. The zero-order valence-electron chi connectivity index (χ0n) is 6.65. The van der Waals surface area contributed by atoms with E-state index in [9.17, 15) is 0 Å². The minimum Gasteiger partial charge on any atom is -0.314 e. The van der Waals surface area contributed by atoms with Crippen LogP contribution in [0.5, 0.6) is 0 Å². The second-order valence-electron chi connectivity index (χ2n) is 2.78. The third-order valence-electron chi connectivity index (χ3n) is 1.25. The predicted molar refractivity (Wildman–Crippen MR) is 42.5 cm³/mol. The van der Waals surface area contributed by atoms with Crippen LogP contribution in [0.15, 0.2) is 12.7 Å². The molecule has 1 N–H and O–H groups in total. The van der Waals surface area contributed by atoms with Gasteiger partial charge < -0.3 is 5.32 Å². The summed E-state index contributed by atoms with van der Waals surface area (Å²) in [6.07, 6.45) is 1.97. The first-order valence-corrected chi connectivity index (χ1v) is 3.52. The van der Waals surface area contributed by atoms with Gasteiger partial charge in [0, 0.05) is 12.6 Å². The van der Waals surface area contributed by atoms with E-state index in [1.165, 1.54) is 0 Å². The second-order valence-corrected chi connectivity index (χ2v) is 2.78. The molecule has 0 aliphatic heterocycles. The number of nitrogens with one attached hydrogen (secondary N) is 1. The molecule has 0 heterocycles. The molecule has 0 unspecified atom stereocenters. The van der Waals surface area contributed by atoms with E-state index in [2.05, 4.69) is 32.7 Å². The van der Waals surface area contributed by atoms with E-state index in [1.54, 1.807) is 0 Å². The summed E-state index contributed by atoms with van der Waals surface area (Å²) in [5.74, 6) is 0.590. The zero-order valence-corrected chi connectivity index (χ0v) is 6.65. The minimum atomic E-state index is 0.590. The van der Waals surface area contributed by atoms with Crippen molar-refractivity contribution in [1.82, 2.24) is 5.32 Å². The Morgan fingerprint density at radius 1 is 1.44 bits per heavy atom. The molecule has 0 spiro atoms. The van der Waals surface area contributed by atoms with Crippen LogP contribution >= 0.6 is 0 Å². The largest absolute Gasteiger partial charge is 0.314 e. The molecule has 0 saturated carbocycles. The van der Waals surface area contributed by atoms with Crippen molar-refractivity contribution in [2.24, 2.45) is 5.92 Å². The maximum absolute atomic E-state index is 3.70. The minimum absolute atomic E-state index is 0.590. The summed E-state index contributed by atoms with van der Waals surface area (Å²) >= 11 is 0. The van der Waals surface area contributed by atoms with Crippen molar-refractivity contribution in [2.45, 2.75) is 26.8 Å². The average molecular weight is 127 g/mol. The molecule has 0 bridgehead atoms. The Kier molecular flexibility index (Phi) is 4.41. The molecule has 1 nitrogen and oxygen atoms in total. The lowest BCUT2D eigenvalue weighted by atomic mass is 10.2. The summed E-state index contributed by atoms with van der Waals surface area (Å²) in [6.45, 7) is 11.2. The Morgan fingerprint density at radius 2 is 2.00 bits per heavy atom. The van der Waals surface area contributed by atoms with Crippen molar-refractivity contribution in [3.63, 3.8) is 0 Å². The highest BCUT2D eigenvalue weighted by Gasteiger charge is 1.95. The van der Waals surface area contributed by atoms with E-state index in [-0.39, 0.29) is 0 Å². The van der Waals surface area contributed by atoms with E-state index in [1.807, 2.05) is 6.08 Å². The van der Waals surface area contributed by atoms with E-state index < -0.39 is 0 Å². The van der Waals surface area contributed by atoms with Gasteiger partial charge in [0.05, 0.1) is 0 Å². The topological polar surface area (TPSA) is 12.0 Å². The van der Waals surface area contributed by atoms with Crippen molar-refractivity contribution in [2.75, 3.05) is 6.54 Å². The molecule has 1 heteroatoms. The molecular weight excluding hydrogens is 110 g/mol. The highest BCUT2D eigenvalue weighted by molar-refractivity contribution is 4.76. The van der Waals surface area contributed by atoms with Crippen LogP contribution in [0, 0.1) is 5.92 Å². The van der Waals surface area contributed by atoms with E-state index in [0.29, 0.717) is 12.0 Å². The Labute approximate surface area is 58.2 Å². The molecule has 0 aromatic heterocycles. The SMILES string of the molecule is C=C[C@@H](C)CNC(C)C. The molecule has 0 radical (unpaired) electrons. The van der Waals surface area contributed by atoms with Crippen LogP contribution in [-0.4, -0.2) is 12.6 Å². The number of hydrogen-bond acceptors (Lipinski definition) is 1. The van der Waals surface area contributed by atoms with Crippen molar-refractivity contribution in [3.8, 4) is 0 Å². The van der Waals surface area contributed by atoms with Gasteiger partial charge in [-0.05, 0) is 5.92 Å². The van der Waals surface area contributed by atoms with Crippen molar-refractivity contribution in [1.29, 1.82) is 0 Å². The van der Waals surface area contributed by atoms with E-state index >= 15 is 0 Å². The van der Waals surface area contributed by atoms with Gasteiger partial charge in [-0.1, -0.05) is 26.8 Å². The fraction of sp³-hybridized carbons (Fsp3) is 0.750. The maximum atomic E-state index is 3.70. The third kappa shape index (κ3) is 5.57. The fourth-order valence-corrected chi connectivity index (χ4v) is 0.505. The van der Waals surface area contributed by atoms with Crippen LogP contribution in [0.3, 0.4) is 0 Å². The van der Waals surface area contributed by atoms with Gasteiger partial charge in [-0.2, -0.15) is 0 Å². The summed E-state index contributed by atoms with van der Waals surface area (Å²) in [6, 6.07) is 0.590. The highest BCUT2D eigenvalue weighted by Crippen LogP contribution is 1.92. The highest BCUT2D eigenvalue weighted by atomic mass is 14.9. The van der Waals surface area contributed by atoms with Gasteiger partial charge >= 0.3 is 0 Å². The summed E-state index contributed by atoms with van der Waals surface area (Å²) in [5.41, 5.74) is 0. The lowest BCUT2D eigenvalue weighted by Crippen LogP contribution is -2.26. The van der Waals surface area contributed by atoms with Crippen LogP contribution < -0.4 is 5.32 Å². The molecule has 0 rings (SSSR count). The molecule has 1 atom stereocenters. The smallest absolute Gasteiger partial charge is 0.00138 e. The Morgan fingerprint density at radius 3 is 2.33 bits per heavy atom. The normalized spacial score (nSPS) is 13.8. The first kappa shape index (κ1) is 8.70. The second kappa shape index (κ2) is 4.57. The van der Waals surface area contributed by atoms with Gasteiger partial charge in [0.15, 0.2) is 0 Å². The van der Waals surface area contributed by atoms with Crippen LogP contribution in [0.4, 0.5) is 0 Å². The summed E-state index contributed by atoms with van der Waals surface area (Å²) in [4.78, 5) is 0. The molecule has 0 aliphatic rings. The average Bonchev–Trinajstić information content (AvgIpc) is 1.83. The van der Waals surface area contributed by atoms with Crippen molar-refractivity contribution >= 4 is 0 Å². The lowest BCUT2D eigenvalue weighted by molar-refractivity contribution is 0.533. The van der Waals surface area contributed by atoms with E-state index in [0.717, 1.165) is 6.54 Å². The molecule has 54 valence electrons. The zero-order chi connectivity index (χ0) is 7.28. The monoisotopic (exact) mass is 127 g/mol. The first-order valence-electron chi connectivity index (χ1n) is 3.52. The van der Waals surface area contributed by atoms with Gasteiger partial charge in [0.1, 0.15) is 0 Å². The molecule has 0 saturated heterocycles. The summed E-state index contributed by atoms with van der Waals surface area (Å²) in [7, 11) is 0. The maximum Gasteiger partial charge on any atom is 0.00138 e. The predicted octanol–water partition coefficient (Wildman–Crippen LogP) is 1.81. The van der Waals surface area contributed by atoms with Gasteiger partial charge in [-0.25, -0.2) is 0 Å². The molecule has 0 amide bonds. The Balaban J connectivity index is 3.16. The van der Waals surface area contributed by atoms with Crippen LogP contribution in [0.1, 0.15) is 20.8 Å². The van der Waals surface area contributed by atoms with Gasteiger partial charge in [-0.3, -0.25) is 0 Å². The van der Waals surface area contributed by atoms with E-state index in [4.69, 9.17) is 0 Å². The van der Waals surface area contributed by atoms with Gasteiger partial charge in [0.2, 0.25) is 0 Å². The molecule has 0 aliphatic carbocycles. The van der Waals surface area contributed by atoms with Crippen LogP contribution in [0.2, 0.25) is 0 Å². The third-order valence-corrected chi connectivity index (χ3v) is 1.25. The summed E-state index contributed by atoms with van der Waals surface area (Å²) < 4.78 is 0. The molecule has 0 fully saturated rings. The van der Waals surface area contributed by atoms with Gasteiger partial charge in [-0.15, -0.1) is 6.58 Å². The summed E-state index contributed by atoms with van der Waals surface area (Å²) in [5, 5.41) is 3.32. The molecule has 9 heavy (non-hydrogen) atoms. The Bertz CT molecular complexity index is 76.6. The fourth-order valence-electron chi connectivity index (χ4n) is 0.505. The number of rotatable bonds is 4. The van der Waals surface area contributed by atoms with Crippen LogP contribution in [0.25, 0.3) is 0 Å². The number of hydrogen-bond donors (Lipinski definition) is 1.